The molecule has 5 nitrogen and oxygen atoms in total. The van der Waals surface area contributed by atoms with Crippen LogP contribution in [0.25, 0.3) is 0 Å². The molecule has 0 fully saturated rings. The lowest BCUT2D eigenvalue weighted by atomic mass is 10.1. The minimum atomic E-state index is -1.05. The Morgan fingerprint density at radius 1 is 1.58 bits per heavy atom. The number of hydrogen-bond acceptors (Lipinski definition) is 4. The lowest BCUT2D eigenvalue weighted by Crippen LogP contribution is -2.43. The Bertz CT molecular complexity index is 146. The molecule has 0 saturated heterocycles. The smallest absolute Gasteiger partial charge is 0.406 e. The van der Waals surface area contributed by atoms with Gasteiger partial charge in [-0.15, -0.1) is 0 Å². The molecule has 0 aromatic carbocycles. The van der Waals surface area contributed by atoms with Gasteiger partial charge < -0.3 is 19.9 Å². The molecule has 0 radical (unpaired) electrons. The van der Waals surface area contributed by atoms with Gasteiger partial charge in [0.25, 0.3) is 0 Å². The molecule has 0 aliphatic heterocycles. The van der Waals surface area contributed by atoms with Crippen LogP contribution in [-0.4, -0.2) is 44.2 Å². The zero-order valence-corrected chi connectivity index (χ0v) is 7.59. The second-order valence-electron chi connectivity index (χ2n) is 2.78. The number of rotatable bonds is 4. The van der Waals surface area contributed by atoms with Crippen LogP contribution in [0.1, 0.15) is 6.92 Å². The highest BCUT2D eigenvalue weighted by atomic mass is 16.5. The van der Waals surface area contributed by atoms with Crippen molar-refractivity contribution >= 4 is 6.09 Å². The van der Waals surface area contributed by atoms with Gasteiger partial charge in [0.1, 0.15) is 5.60 Å². The summed E-state index contributed by atoms with van der Waals surface area (Å²) in [6, 6.07) is 0. The first-order chi connectivity index (χ1) is 5.52. The van der Waals surface area contributed by atoms with E-state index in [-0.39, 0.29) is 13.2 Å². The van der Waals surface area contributed by atoms with Crippen molar-refractivity contribution in [3.05, 3.63) is 0 Å². The molecule has 0 spiro atoms. The molecule has 1 unspecified atom stereocenters. The third kappa shape index (κ3) is 4.92. The van der Waals surface area contributed by atoms with Gasteiger partial charge in [-0.2, -0.15) is 0 Å². The minimum Gasteiger partial charge on any atom is -0.453 e. The van der Waals surface area contributed by atoms with E-state index in [0.717, 1.165) is 0 Å². The van der Waals surface area contributed by atoms with Crippen molar-refractivity contribution in [2.45, 2.75) is 12.5 Å². The maximum Gasteiger partial charge on any atom is 0.406 e. The van der Waals surface area contributed by atoms with Crippen molar-refractivity contribution < 1.29 is 19.4 Å². The molecular formula is C7H15NO4. The molecule has 1 amide bonds. The molecule has 0 rings (SSSR count). The lowest BCUT2D eigenvalue weighted by Gasteiger charge is -2.21. The third-order valence-electron chi connectivity index (χ3n) is 1.25. The Hall–Kier alpha value is -0.810. The van der Waals surface area contributed by atoms with E-state index in [1.807, 2.05) is 0 Å². The molecule has 0 aliphatic rings. The summed E-state index contributed by atoms with van der Waals surface area (Å²) in [7, 11) is 2.74. The molecule has 0 heterocycles. The Balaban J connectivity index is 3.67. The van der Waals surface area contributed by atoms with Crippen LogP contribution in [0.4, 0.5) is 4.79 Å². The SMILES string of the molecule is COCC(C)(O)CNC(=O)OC. The number of methoxy groups -OCH3 is 2. The highest BCUT2D eigenvalue weighted by Gasteiger charge is 2.20. The number of ether oxygens (including phenoxy) is 2. The summed E-state index contributed by atoms with van der Waals surface area (Å²) in [5, 5.41) is 11.8. The molecule has 2 N–H and O–H groups in total. The van der Waals surface area contributed by atoms with Crippen LogP contribution in [0, 0.1) is 0 Å². The van der Waals surface area contributed by atoms with E-state index in [2.05, 4.69) is 10.1 Å². The van der Waals surface area contributed by atoms with Gasteiger partial charge in [-0.1, -0.05) is 0 Å². The van der Waals surface area contributed by atoms with Gasteiger partial charge in [0.2, 0.25) is 0 Å². The van der Waals surface area contributed by atoms with Crippen molar-refractivity contribution in [3.63, 3.8) is 0 Å². The summed E-state index contributed by atoms with van der Waals surface area (Å²) in [6.45, 7) is 1.83. The van der Waals surface area contributed by atoms with Gasteiger partial charge in [-0.25, -0.2) is 4.79 Å². The summed E-state index contributed by atoms with van der Waals surface area (Å²) < 4.78 is 9.05. The molecular weight excluding hydrogens is 162 g/mol. The summed E-state index contributed by atoms with van der Waals surface area (Å²) in [4.78, 5) is 10.6. The number of hydrogen-bond donors (Lipinski definition) is 2. The number of carbonyl (C=O) groups is 1. The van der Waals surface area contributed by atoms with Crippen LogP contribution in [0.3, 0.4) is 0 Å². The van der Waals surface area contributed by atoms with Crippen LogP contribution in [-0.2, 0) is 9.47 Å². The molecule has 12 heavy (non-hydrogen) atoms. The van der Waals surface area contributed by atoms with E-state index in [9.17, 15) is 9.90 Å². The molecule has 0 aromatic rings. The fourth-order valence-corrected chi connectivity index (χ4v) is 0.697. The van der Waals surface area contributed by atoms with E-state index in [1.54, 1.807) is 6.92 Å². The number of carbonyl (C=O) groups excluding carboxylic acids is 1. The van der Waals surface area contributed by atoms with Crippen LogP contribution in [0.2, 0.25) is 0 Å². The van der Waals surface area contributed by atoms with Gasteiger partial charge >= 0.3 is 6.09 Å². The number of amides is 1. The normalized spacial score (nSPS) is 15.0. The molecule has 0 aliphatic carbocycles. The Morgan fingerprint density at radius 3 is 2.58 bits per heavy atom. The highest BCUT2D eigenvalue weighted by Crippen LogP contribution is 2.00. The lowest BCUT2D eigenvalue weighted by molar-refractivity contribution is -0.0150. The summed E-state index contributed by atoms with van der Waals surface area (Å²) in [5.74, 6) is 0. The number of alkyl carbamates (subject to hydrolysis) is 1. The van der Waals surface area contributed by atoms with E-state index in [1.165, 1.54) is 14.2 Å². The highest BCUT2D eigenvalue weighted by molar-refractivity contribution is 5.66. The predicted molar refractivity (Wildman–Crippen MR) is 42.9 cm³/mol. The average molecular weight is 177 g/mol. The van der Waals surface area contributed by atoms with Crippen molar-refractivity contribution in [1.82, 2.24) is 5.32 Å². The van der Waals surface area contributed by atoms with Crippen LogP contribution in [0.15, 0.2) is 0 Å². The van der Waals surface area contributed by atoms with Crippen LogP contribution in [0.5, 0.6) is 0 Å². The molecule has 1 atom stereocenters. The second-order valence-corrected chi connectivity index (χ2v) is 2.78. The Labute approximate surface area is 71.7 Å². The Morgan fingerprint density at radius 2 is 2.17 bits per heavy atom. The molecule has 5 heteroatoms. The predicted octanol–water partition coefficient (Wildman–Crippen LogP) is -0.260. The molecule has 0 saturated carbocycles. The topological polar surface area (TPSA) is 67.8 Å². The third-order valence-corrected chi connectivity index (χ3v) is 1.25. The van der Waals surface area contributed by atoms with E-state index >= 15 is 0 Å². The van der Waals surface area contributed by atoms with Crippen molar-refractivity contribution in [1.29, 1.82) is 0 Å². The fourth-order valence-electron chi connectivity index (χ4n) is 0.697. The zero-order chi connectivity index (χ0) is 9.61. The summed E-state index contributed by atoms with van der Waals surface area (Å²) in [6.07, 6.45) is -0.564. The first-order valence-corrected chi connectivity index (χ1v) is 3.55. The van der Waals surface area contributed by atoms with E-state index in [0.29, 0.717) is 0 Å². The Kier molecular flexibility index (Phi) is 4.61. The molecule has 0 bridgehead atoms. The van der Waals surface area contributed by atoms with E-state index < -0.39 is 11.7 Å². The molecule has 0 aromatic heterocycles. The average Bonchev–Trinajstić information content (AvgIpc) is 2.00. The largest absolute Gasteiger partial charge is 0.453 e. The first-order valence-electron chi connectivity index (χ1n) is 3.55. The quantitative estimate of drug-likeness (QED) is 0.620. The summed E-state index contributed by atoms with van der Waals surface area (Å²) in [5.41, 5.74) is -1.05. The van der Waals surface area contributed by atoms with Gasteiger partial charge in [0.15, 0.2) is 0 Å². The van der Waals surface area contributed by atoms with E-state index in [4.69, 9.17) is 4.74 Å². The van der Waals surface area contributed by atoms with Crippen molar-refractivity contribution in [3.8, 4) is 0 Å². The summed E-state index contributed by atoms with van der Waals surface area (Å²) >= 11 is 0. The maximum absolute atomic E-state index is 10.6. The van der Waals surface area contributed by atoms with Crippen LogP contribution < -0.4 is 5.32 Å². The molecule has 72 valence electrons. The van der Waals surface area contributed by atoms with Crippen molar-refractivity contribution in [2.75, 3.05) is 27.4 Å². The maximum atomic E-state index is 10.6. The van der Waals surface area contributed by atoms with Crippen LogP contribution >= 0.6 is 0 Å². The standard InChI is InChI=1S/C7H15NO4/c1-7(10,5-11-2)4-8-6(9)12-3/h10H,4-5H2,1-3H3,(H,8,9). The van der Waals surface area contributed by atoms with Gasteiger partial charge in [0.05, 0.1) is 20.3 Å². The first kappa shape index (κ1) is 11.2. The zero-order valence-electron chi connectivity index (χ0n) is 7.59. The fraction of sp³-hybridized carbons (Fsp3) is 0.857. The minimum absolute atomic E-state index is 0.105. The van der Waals surface area contributed by atoms with Crippen molar-refractivity contribution in [2.24, 2.45) is 0 Å². The second kappa shape index (κ2) is 4.95. The monoisotopic (exact) mass is 177 g/mol. The number of aliphatic hydroxyl groups is 1. The van der Waals surface area contributed by atoms with Gasteiger partial charge in [-0.3, -0.25) is 0 Å². The number of nitrogens with one attached hydrogen (secondary N) is 1. The van der Waals surface area contributed by atoms with Gasteiger partial charge in [-0.05, 0) is 6.92 Å². The van der Waals surface area contributed by atoms with Gasteiger partial charge in [0, 0.05) is 7.11 Å².